The number of fused-ring (bicyclic) bond motifs is 3. The number of ether oxygens (including phenoxy) is 7. The fourth-order valence-corrected chi connectivity index (χ4v) is 14.2. The third kappa shape index (κ3) is 18.4. The average molecular weight is 1490 g/mol. The monoisotopic (exact) mass is 1490 g/mol. The predicted octanol–water partition coefficient (Wildman–Crippen LogP) is -0.230. The molecule has 18 N–H and O–H groups in total. The minimum absolute atomic E-state index is 0.0288. The van der Waals surface area contributed by atoms with Gasteiger partial charge in [0, 0.05) is 37.6 Å². The van der Waals surface area contributed by atoms with Gasteiger partial charge in [0.25, 0.3) is 0 Å². The highest BCUT2D eigenvalue weighted by molar-refractivity contribution is 7.52. The summed E-state index contributed by atoms with van der Waals surface area (Å²) < 4.78 is 75.8. The van der Waals surface area contributed by atoms with Crippen LogP contribution in [-0.2, 0) is 59.9 Å². The van der Waals surface area contributed by atoms with Gasteiger partial charge < -0.3 is 124 Å². The maximum atomic E-state index is 11.4. The average Bonchev–Trinajstić information content (AvgIpc) is 1.63. The van der Waals surface area contributed by atoms with Crippen LogP contribution in [-0.4, -0.2) is 272 Å². The maximum absolute atomic E-state index is 11.4. The van der Waals surface area contributed by atoms with E-state index in [-0.39, 0.29) is 18.6 Å². The molecule has 0 amide bonds. The highest BCUT2D eigenvalue weighted by Gasteiger charge is 2.49. The van der Waals surface area contributed by atoms with E-state index < -0.39 is 154 Å². The molecule has 43 heteroatoms. The number of aliphatic hydroxyl groups excluding tert-OH is 9. The number of hydrogen-bond acceptors (Lipinski definition) is 31. The van der Waals surface area contributed by atoms with E-state index in [2.05, 4.69) is 61.2 Å². The summed E-state index contributed by atoms with van der Waals surface area (Å²) in [5, 5.41) is 116. The number of methoxy groups -OCH3 is 1. The molecule has 3 aliphatic carbocycles. The molecule has 15 atom stereocenters. The van der Waals surface area contributed by atoms with Crippen molar-refractivity contribution in [3.63, 3.8) is 0 Å². The molecule has 40 nitrogen and oxygen atoms in total. The molecule has 101 heavy (non-hydrogen) atoms. The summed E-state index contributed by atoms with van der Waals surface area (Å²) >= 11 is 0. The van der Waals surface area contributed by atoms with E-state index in [0.29, 0.717) is 86.5 Å². The highest BCUT2D eigenvalue weighted by Crippen LogP contribution is 2.45. The molecular weight excluding hydrogens is 1400 g/mol. The van der Waals surface area contributed by atoms with Crippen LogP contribution < -0.4 is 16.0 Å². The van der Waals surface area contributed by atoms with Crippen LogP contribution in [0.2, 0.25) is 0 Å². The Bertz CT molecular complexity index is 3850. The first-order valence-electron chi connectivity index (χ1n) is 33.4. The lowest BCUT2D eigenvalue weighted by Crippen LogP contribution is -2.35. The molecule has 0 aromatic carbocycles. The zero-order chi connectivity index (χ0) is 72.8. The van der Waals surface area contributed by atoms with Crippen LogP contribution in [0.4, 0.5) is 17.5 Å². The fraction of sp³-hybridized carbons (Fsp3) is 0.741. The molecule has 6 aromatic rings. The lowest BCUT2D eigenvalue weighted by molar-refractivity contribution is -0.0807. The number of rotatable bonds is 28. The van der Waals surface area contributed by atoms with Crippen LogP contribution in [0.25, 0.3) is 33.1 Å². The second-order valence-electron chi connectivity index (χ2n) is 26.0. The number of aryl methyl sites for hydroxylation is 1. The van der Waals surface area contributed by atoms with Crippen LogP contribution in [0, 0.1) is 0 Å². The van der Waals surface area contributed by atoms with Crippen LogP contribution in [0.15, 0.2) is 18.6 Å². The maximum Gasteiger partial charge on any atom is 0.356 e. The van der Waals surface area contributed by atoms with Crippen molar-refractivity contribution in [1.29, 1.82) is 0 Å². The van der Waals surface area contributed by atoms with Crippen molar-refractivity contribution in [1.82, 2.24) is 59.2 Å². The Morgan fingerprint density at radius 3 is 1.08 bits per heavy atom. The van der Waals surface area contributed by atoms with Crippen LogP contribution in [0.5, 0.6) is 0 Å². The van der Waals surface area contributed by atoms with Crippen molar-refractivity contribution in [2.75, 3.05) is 62.7 Å². The molecule has 564 valence electrons. The van der Waals surface area contributed by atoms with Gasteiger partial charge in [0.05, 0.1) is 74.4 Å². The van der Waals surface area contributed by atoms with Crippen molar-refractivity contribution in [3.05, 3.63) is 36.1 Å². The van der Waals surface area contributed by atoms with Gasteiger partial charge in [-0.15, -0.1) is 0 Å². The van der Waals surface area contributed by atoms with Crippen LogP contribution in [0.3, 0.4) is 0 Å². The molecule has 0 spiro atoms. The van der Waals surface area contributed by atoms with Crippen molar-refractivity contribution in [3.8, 4) is 0 Å². The topological polar surface area (TPSA) is 586 Å². The zero-order valence-electron chi connectivity index (χ0n) is 55.8. The Balaban J connectivity index is 0.000000163. The molecule has 3 unspecified atom stereocenters. The molecule has 0 bridgehead atoms. The number of aliphatic hydroxyl groups is 9. The van der Waals surface area contributed by atoms with E-state index in [1.807, 2.05) is 20.8 Å². The van der Waals surface area contributed by atoms with E-state index in [1.54, 1.807) is 18.6 Å². The first kappa shape index (κ1) is 78.4. The first-order valence-corrected chi connectivity index (χ1v) is 38.5. The Morgan fingerprint density at radius 2 is 0.782 bits per heavy atom. The number of hydrogen-bond donors (Lipinski definition) is 18. The molecule has 3 aliphatic heterocycles. The molecule has 12 rings (SSSR count). The Kier molecular flexibility index (Phi) is 26.4. The summed E-state index contributed by atoms with van der Waals surface area (Å²) in [4.78, 5) is 82.8. The summed E-state index contributed by atoms with van der Waals surface area (Å²) in [5.74, 6) is -1.75. The van der Waals surface area contributed by atoms with Gasteiger partial charge in [-0.3, -0.25) is 13.7 Å². The minimum Gasteiger partial charge on any atom is -0.393 e. The quantitative estimate of drug-likeness (QED) is 0.0282. The van der Waals surface area contributed by atoms with E-state index in [4.69, 9.17) is 48.5 Å². The van der Waals surface area contributed by atoms with Gasteiger partial charge in [0.15, 0.2) is 59.0 Å². The Hall–Kier alpha value is -5.14. The molecule has 6 aliphatic rings. The molecular formula is C58H92N15O25P3. The molecule has 3 saturated heterocycles. The summed E-state index contributed by atoms with van der Waals surface area (Å²) in [6.07, 6.45) is 3.31. The van der Waals surface area contributed by atoms with E-state index in [9.17, 15) is 73.7 Å². The van der Waals surface area contributed by atoms with Gasteiger partial charge in [-0.25, -0.2) is 43.9 Å². The summed E-state index contributed by atoms with van der Waals surface area (Å²) in [7, 11) is -12.6. The largest absolute Gasteiger partial charge is 0.393 e. The van der Waals surface area contributed by atoms with Gasteiger partial charge in [-0.1, -0.05) is 59.3 Å². The van der Waals surface area contributed by atoms with E-state index >= 15 is 0 Å². The zero-order valence-corrected chi connectivity index (χ0v) is 58.5. The number of aromatic nitrogens is 12. The van der Waals surface area contributed by atoms with Gasteiger partial charge in [-0.2, -0.15) is 15.3 Å². The normalized spacial score (nSPS) is 27.2. The Labute approximate surface area is 577 Å². The van der Waals surface area contributed by atoms with Gasteiger partial charge in [0.1, 0.15) is 90.6 Å². The summed E-state index contributed by atoms with van der Waals surface area (Å²) in [6.45, 7) is 1.91. The molecule has 0 radical (unpaired) electrons. The molecule has 3 saturated carbocycles. The van der Waals surface area contributed by atoms with Crippen LogP contribution >= 0.6 is 22.8 Å². The summed E-state index contributed by atoms with van der Waals surface area (Å²) in [6, 6.07) is 0.912. The lowest BCUT2D eigenvalue weighted by atomic mass is 10.1. The summed E-state index contributed by atoms with van der Waals surface area (Å²) in [5.41, 5.74) is 1.23. The lowest BCUT2D eigenvalue weighted by Gasteiger charge is -2.20. The standard InChI is InChI=1S/C20H32N5O8P.C19H30N5O9P.C19H30N5O8P/c1-10(2)17-23-18(22-11-5-3-4-6-11)12-7-21-25(19(12)24-17)20-16(28)15(27)13(33-20)9-32-14(8-26)34(29,30)31;1-31-9-13-22-17(21-10-4-2-3-5-10)11-6-20-24(18(11)23-13)19-16(27)15(26)12(33-19)8-32-14(7-25)34(28,29)30;1-2-13-22-17(21-10-5-3-4-6-10)11-7-20-24(18(11)23-13)19-16(27)15(26)12(32-19)9-31-14(8-25)33(28,29)30/h7,10-11,13-16,20,26-28H,3-6,8-9H2,1-2H3,(H,22,23,24)(H2,29,30,31);6,10,12,14-16,19,25-27H,2-5,7-9H2,1H3,(H,21,22,23)(H2,28,29,30);7,10,12,14-16,19,25-27H,2-6,8-9H2,1H3,(H,21,22,23)(H2,28,29,30)/t13-,14?,15-,16-,20-;2*12-,14?,15-,16-,19-/m111/s1. The van der Waals surface area contributed by atoms with Crippen molar-refractivity contribution >= 4 is 73.3 Å². The van der Waals surface area contributed by atoms with Crippen LogP contribution in [0.1, 0.15) is 140 Å². The second kappa shape index (κ2) is 34.0. The molecule has 6 aromatic heterocycles. The van der Waals surface area contributed by atoms with E-state index in [0.717, 1.165) is 77.0 Å². The number of anilines is 3. The van der Waals surface area contributed by atoms with Gasteiger partial charge in [0.2, 0.25) is 0 Å². The minimum atomic E-state index is -4.72. The second-order valence-corrected chi connectivity index (χ2v) is 31.3. The first-order chi connectivity index (χ1) is 48.0. The molecule has 6 fully saturated rings. The predicted molar refractivity (Wildman–Crippen MR) is 352 cm³/mol. The fourth-order valence-electron chi connectivity index (χ4n) is 12.8. The van der Waals surface area contributed by atoms with E-state index in [1.165, 1.54) is 21.2 Å². The third-order valence-electron chi connectivity index (χ3n) is 18.4. The van der Waals surface area contributed by atoms with Crippen molar-refractivity contribution in [2.24, 2.45) is 0 Å². The number of nitrogens with zero attached hydrogens (tertiary/aromatic N) is 12. The molecule has 9 heterocycles. The highest BCUT2D eigenvalue weighted by atomic mass is 31.2. The Morgan fingerprint density at radius 1 is 0.475 bits per heavy atom. The number of nitrogens with one attached hydrogen (secondary N) is 3. The van der Waals surface area contributed by atoms with Gasteiger partial charge >= 0.3 is 22.8 Å². The van der Waals surface area contributed by atoms with Crippen molar-refractivity contribution < 1.29 is 122 Å². The SMILES string of the molecule is CC(C)c1nc(NC2CCCC2)c2cnn([C@@H]3O[C@H](COC(CO)P(=O)(O)O)[C@@H](O)[C@H]3O)c2n1.CCc1nc(NC2CCCC2)c2cnn([C@@H]3O[C@H](COC(CO)P(=O)(O)O)[C@@H](O)[C@H]3O)c2n1.COCc1nc(NC2CCCC2)c2cnn([C@@H]3O[C@H](COC(CO)P(=O)(O)O)[C@@H](O)[C@H]3O)c2n1. The smallest absolute Gasteiger partial charge is 0.356 e. The van der Waals surface area contributed by atoms with Crippen molar-refractivity contribution in [2.45, 2.75) is 226 Å². The van der Waals surface area contributed by atoms with Gasteiger partial charge in [-0.05, 0) is 38.5 Å². The third-order valence-corrected chi connectivity index (χ3v) is 21.5.